The lowest BCUT2D eigenvalue weighted by Crippen LogP contribution is -2.19. The first-order valence-electron chi connectivity index (χ1n) is 6.30. The summed E-state index contributed by atoms with van der Waals surface area (Å²) < 4.78 is 14.8. The van der Waals surface area contributed by atoms with Crippen LogP contribution in [-0.4, -0.2) is 12.2 Å². The van der Waals surface area contributed by atoms with Crippen molar-refractivity contribution in [1.82, 2.24) is 0 Å². The Balaban J connectivity index is 2.33. The monoisotopic (exact) mass is 357 g/mol. The predicted molar refractivity (Wildman–Crippen MR) is 85.9 cm³/mol. The van der Waals surface area contributed by atoms with Gasteiger partial charge in [0.25, 0.3) is 0 Å². The van der Waals surface area contributed by atoms with E-state index in [-0.39, 0.29) is 5.82 Å². The molecule has 2 rings (SSSR count). The van der Waals surface area contributed by atoms with E-state index in [0.717, 1.165) is 9.47 Å². The van der Waals surface area contributed by atoms with Gasteiger partial charge in [0.2, 0.25) is 0 Å². The maximum Gasteiger partial charge on any atom is 0.126 e. The molecule has 1 atom stereocenters. The number of thiophene rings is 1. The van der Waals surface area contributed by atoms with Gasteiger partial charge in [0, 0.05) is 24.8 Å². The molecule has 5 heteroatoms. The third-order valence-corrected chi connectivity index (χ3v) is 4.76. The van der Waals surface area contributed by atoms with Crippen LogP contribution in [0.1, 0.15) is 29.7 Å². The van der Waals surface area contributed by atoms with Gasteiger partial charge in [-0.1, -0.05) is 0 Å². The van der Waals surface area contributed by atoms with Crippen LogP contribution in [0.5, 0.6) is 0 Å². The van der Waals surface area contributed by atoms with E-state index in [1.165, 1.54) is 11.6 Å². The van der Waals surface area contributed by atoms with E-state index < -0.39 is 6.10 Å². The van der Waals surface area contributed by atoms with Crippen molar-refractivity contribution in [3.05, 3.63) is 49.9 Å². The smallest absolute Gasteiger partial charge is 0.126 e. The van der Waals surface area contributed by atoms with Crippen LogP contribution in [0, 0.1) is 12.7 Å². The number of aliphatic hydroxyl groups is 1. The number of aryl methyl sites for hydroxylation is 1. The zero-order chi connectivity index (χ0) is 14.9. The predicted octanol–water partition coefficient (Wildman–Crippen LogP) is 4.65. The highest BCUT2D eigenvalue weighted by Gasteiger charge is 2.15. The van der Waals surface area contributed by atoms with Gasteiger partial charge < -0.3 is 10.0 Å². The highest BCUT2D eigenvalue weighted by Crippen LogP contribution is 2.30. The third-order valence-electron chi connectivity index (χ3n) is 3.21. The Bertz CT molecular complexity index is 612. The second-order valence-corrected chi connectivity index (χ2v) is 7.24. The standard InChI is InChI=1S/C15H17BrFNOS/c1-9-4-14(12(10(2)19)6-13(9)17)18(3)7-11-5-15(16)20-8-11/h4-6,8,10,19H,7H2,1-3H3/t10-/m0/s1. The molecule has 1 aromatic heterocycles. The van der Waals surface area contributed by atoms with Crippen LogP contribution >= 0.6 is 27.3 Å². The Hall–Kier alpha value is -0.910. The van der Waals surface area contributed by atoms with E-state index in [2.05, 4.69) is 27.4 Å². The molecule has 0 spiro atoms. The van der Waals surface area contributed by atoms with E-state index in [1.54, 1.807) is 31.3 Å². The lowest BCUT2D eigenvalue weighted by molar-refractivity contribution is 0.199. The van der Waals surface area contributed by atoms with Crippen molar-refractivity contribution in [3.8, 4) is 0 Å². The topological polar surface area (TPSA) is 23.5 Å². The second-order valence-electron chi connectivity index (χ2n) is 4.95. The first-order chi connectivity index (χ1) is 9.38. The fourth-order valence-corrected chi connectivity index (χ4v) is 3.33. The zero-order valence-electron chi connectivity index (χ0n) is 11.7. The number of halogens is 2. The Labute approximate surface area is 131 Å². The van der Waals surface area contributed by atoms with Crippen molar-refractivity contribution >= 4 is 33.0 Å². The molecule has 0 bridgehead atoms. The molecule has 0 saturated carbocycles. The highest BCUT2D eigenvalue weighted by atomic mass is 79.9. The summed E-state index contributed by atoms with van der Waals surface area (Å²) in [7, 11) is 1.95. The maximum absolute atomic E-state index is 13.7. The zero-order valence-corrected chi connectivity index (χ0v) is 14.1. The highest BCUT2D eigenvalue weighted by molar-refractivity contribution is 9.11. The molecule has 0 aliphatic carbocycles. The van der Waals surface area contributed by atoms with Crippen molar-refractivity contribution in [3.63, 3.8) is 0 Å². The Morgan fingerprint density at radius 2 is 2.10 bits per heavy atom. The van der Waals surface area contributed by atoms with Gasteiger partial charge in [-0.05, 0) is 64.5 Å². The Morgan fingerprint density at radius 3 is 2.65 bits per heavy atom. The minimum Gasteiger partial charge on any atom is -0.389 e. The molecular weight excluding hydrogens is 341 g/mol. The molecule has 1 aromatic carbocycles. The van der Waals surface area contributed by atoms with E-state index in [4.69, 9.17) is 0 Å². The SMILES string of the molecule is Cc1cc(N(C)Cc2csc(Br)c2)c([C@H](C)O)cc1F. The maximum atomic E-state index is 13.7. The number of rotatable bonds is 4. The molecule has 20 heavy (non-hydrogen) atoms. The van der Waals surface area contributed by atoms with Gasteiger partial charge in [-0.3, -0.25) is 0 Å². The third kappa shape index (κ3) is 3.40. The molecule has 0 saturated heterocycles. The number of hydrogen-bond donors (Lipinski definition) is 1. The summed E-state index contributed by atoms with van der Waals surface area (Å²) in [5.74, 6) is -0.281. The average molecular weight is 358 g/mol. The quantitative estimate of drug-likeness (QED) is 0.860. The van der Waals surface area contributed by atoms with Crippen molar-refractivity contribution in [2.24, 2.45) is 0 Å². The molecule has 0 unspecified atom stereocenters. The van der Waals surface area contributed by atoms with Gasteiger partial charge in [-0.2, -0.15) is 0 Å². The van der Waals surface area contributed by atoms with Gasteiger partial charge >= 0.3 is 0 Å². The lowest BCUT2D eigenvalue weighted by atomic mass is 10.0. The van der Waals surface area contributed by atoms with Crippen LogP contribution in [0.2, 0.25) is 0 Å². The van der Waals surface area contributed by atoms with Crippen LogP contribution in [0.4, 0.5) is 10.1 Å². The number of aliphatic hydroxyl groups excluding tert-OH is 1. The van der Waals surface area contributed by atoms with Crippen LogP contribution in [0.3, 0.4) is 0 Å². The van der Waals surface area contributed by atoms with E-state index in [9.17, 15) is 9.50 Å². The summed E-state index contributed by atoms with van der Waals surface area (Å²) in [6.07, 6.45) is -0.697. The molecule has 2 nitrogen and oxygen atoms in total. The molecule has 1 heterocycles. The molecule has 0 aliphatic heterocycles. The van der Waals surface area contributed by atoms with Crippen LogP contribution in [0.15, 0.2) is 27.4 Å². The molecule has 0 fully saturated rings. The van der Waals surface area contributed by atoms with E-state index >= 15 is 0 Å². The van der Waals surface area contributed by atoms with Crippen molar-refractivity contribution in [2.45, 2.75) is 26.5 Å². The molecule has 1 N–H and O–H groups in total. The van der Waals surface area contributed by atoms with Gasteiger partial charge in [0.05, 0.1) is 9.89 Å². The summed E-state index contributed by atoms with van der Waals surface area (Å²) in [6, 6.07) is 5.29. The molecule has 0 aliphatic rings. The largest absolute Gasteiger partial charge is 0.389 e. The van der Waals surface area contributed by atoms with Crippen molar-refractivity contribution in [1.29, 1.82) is 0 Å². The first-order valence-corrected chi connectivity index (χ1v) is 7.98. The Kier molecular flexibility index (Phi) is 4.83. The lowest BCUT2D eigenvalue weighted by Gasteiger charge is -2.24. The number of anilines is 1. The molecule has 2 aromatic rings. The second kappa shape index (κ2) is 6.24. The number of benzene rings is 1. The summed E-state index contributed by atoms with van der Waals surface area (Å²) in [5.41, 5.74) is 3.25. The molecule has 108 valence electrons. The Morgan fingerprint density at radius 1 is 1.40 bits per heavy atom. The summed E-state index contributed by atoms with van der Waals surface area (Å²) in [4.78, 5) is 2.03. The van der Waals surface area contributed by atoms with Gasteiger partial charge in [0.15, 0.2) is 0 Å². The minimum absolute atomic E-state index is 0.281. The van der Waals surface area contributed by atoms with Gasteiger partial charge in [0.1, 0.15) is 5.82 Å². The fourth-order valence-electron chi connectivity index (χ4n) is 2.13. The van der Waals surface area contributed by atoms with E-state index in [0.29, 0.717) is 17.7 Å². The molecule has 0 amide bonds. The minimum atomic E-state index is -0.697. The van der Waals surface area contributed by atoms with Crippen LogP contribution in [-0.2, 0) is 6.54 Å². The fraction of sp³-hybridized carbons (Fsp3) is 0.333. The molecular formula is C15H17BrFNOS. The van der Waals surface area contributed by atoms with E-state index in [1.807, 2.05) is 11.9 Å². The van der Waals surface area contributed by atoms with Gasteiger partial charge in [-0.25, -0.2) is 4.39 Å². The number of hydrogen-bond acceptors (Lipinski definition) is 3. The average Bonchev–Trinajstić information content (AvgIpc) is 2.77. The summed E-state index contributed by atoms with van der Waals surface area (Å²) >= 11 is 5.09. The first kappa shape index (κ1) is 15.5. The summed E-state index contributed by atoms with van der Waals surface area (Å²) in [6.45, 7) is 4.11. The van der Waals surface area contributed by atoms with Crippen LogP contribution < -0.4 is 4.90 Å². The van der Waals surface area contributed by atoms with Crippen molar-refractivity contribution in [2.75, 3.05) is 11.9 Å². The summed E-state index contributed by atoms with van der Waals surface area (Å²) in [5, 5.41) is 11.9. The normalized spacial score (nSPS) is 12.5. The van der Waals surface area contributed by atoms with Crippen LogP contribution in [0.25, 0.3) is 0 Å². The van der Waals surface area contributed by atoms with Crippen molar-refractivity contribution < 1.29 is 9.50 Å². The van der Waals surface area contributed by atoms with Gasteiger partial charge in [-0.15, -0.1) is 11.3 Å². The molecule has 0 radical (unpaired) electrons. The number of nitrogens with zero attached hydrogens (tertiary/aromatic N) is 1.